The molecule has 7 nitrogen and oxygen atoms in total. The molecule has 1 aliphatic heterocycles. The Labute approximate surface area is 119 Å². The van der Waals surface area contributed by atoms with Crippen LogP contribution in [0.15, 0.2) is 18.5 Å². The van der Waals surface area contributed by atoms with Crippen molar-refractivity contribution in [1.29, 1.82) is 0 Å². The van der Waals surface area contributed by atoms with Crippen LogP contribution in [-0.2, 0) is 4.79 Å². The van der Waals surface area contributed by atoms with Crippen LogP contribution in [0, 0.1) is 0 Å². The maximum Gasteiger partial charge on any atom is 0.237 e. The quantitative estimate of drug-likeness (QED) is 0.730. The van der Waals surface area contributed by atoms with Crippen molar-refractivity contribution in [1.82, 2.24) is 14.9 Å². The molecule has 0 radical (unpaired) electrons. The highest BCUT2D eigenvalue weighted by Gasteiger charge is 2.27. The molecule has 4 N–H and O–H groups in total. The molecule has 0 saturated carbocycles. The van der Waals surface area contributed by atoms with Gasteiger partial charge in [-0.15, -0.1) is 0 Å². The van der Waals surface area contributed by atoms with E-state index in [1.54, 1.807) is 19.3 Å². The summed E-state index contributed by atoms with van der Waals surface area (Å²) in [5.74, 6) is 0.321. The second-order valence-electron chi connectivity index (χ2n) is 5.41. The molecule has 110 valence electrons. The van der Waals surface area contributed by atoms with E-state index in [4.69, 9.17) is 11.5 Å². The van der Waals surface area contributed by atoms with E-state index in [1.165, 1.54) is 0 Å². The number of nitrogens with two attached hydrogens (primary N) is 2. The van der Waals surface area contributed by atoms with E-state index in [1.807, 2.05) is 6.07 Å². The topological polar surface area (TPSA) is 101 Å². The van der Waals surface area contributed by atoms with Crippen LogP contribution in [-0.4, -0.2) is 59.0 Å². The highest BCUT2D eigenvalue weighted by atomic mass is 16.1. The molecule has 1 saturated heterocycles. The summed E-state index contributed by atoms with van der Waals surface area (Å²) in [7, 11) is 0. The molecule has 1 atom stereocenters. The Morgan fingerprint density at radius 1 is 1.30 bits per heavy atom. The fourth-order valence-corrected chi connectivity index (χ4v) is 2.14. The predicted octanol–water partition coefficient (Wildman–Crippen LogP) is -0.809. The predicted molar refractivity (Wildman–Crippen MR) is 77.1 cm³/mol. The highest BCUT2D eigenvalue weighted by Crippen LogP contribution is 2.12. The van der Waals surface area contributed by atoms with Crippen molar-refractivity contribution in [2.75, 3.05) is 37.6 Å². The number of carbonyl (C=O) groups is 1. The van der Waals surface area contributed by atoms with Crippen LogP contribution in [0.4, 0.5) is 5.95 Å². The van der Waals surface area contributed by atoms with Gasteiger partial charge in [-0.05, 0) is 19.4 Å². The summed E-state index contributed by atoms with van der Waals surface area (Å²) in [5.41, 5.74) is 10.2. The number of anilines is 1. The fraction of sp³-hybridized carbons (Fsp3) is 0.615. The number of nitrogens with zero attached hydrogens (tertiary/aromatic N) is 4. The molecule has 1 fully saturated rings. The minimum atomic E-state index is -0.931. The summed E-state index contributed by atoms with van der Waals surface area (Å²) in [6, 6.07) is 1.81. The molecular weight excluding hydrogens is 256 g/mol. The average molecular weight is 278 g/mol. The molecule has 2 heterocycles. The summed E-state index contributed by atoms with van der Waals surface area (Å²) in [6.45, 7) is 6.03. The SMILES string of the molecule is CC(N)(CCN1CCN(c2ncccn2)CC1)C(N)=O. The van der Waals surface area contributed by atoms with Gasteiger partial charge in [-0.2, -0.15) is 0 Å². The molecule has 0 aromatic carbocycles. The largest absolute Gasteiger partial charge is 0.368 e. The first kappa shape index (κ1) is 14.7. The van der Waals surface area contributed by atoms with Gasteiger partial charge in [0.25, 0.3) is 0 Å². The van der Waals surface area contributed by atoms with Gasteiger partial charge in [-0.1, -0.05) is 0 Å². The molecule has 1 unspecified atom stereocenters. The third-order valence-electron chi connectivity index (χ3n) is 3.72. The number of primary amides is 1. The average Bonchev–Trinajstić information content (AvgIpc) is 2.46. The molecule has 0 bridgehead atoms. The first-order chi connectivity index (χ1) is 9.49. The van der Waals surface area contributed by atoms with Gasteiger partial charge in [-0.25, -0.2) is 9.97 Å². The maximum absolute atomic E-state index is 11.2. The van der Waals surface area contributed by atoms with Crippen LogP contribution >= 0.6 is 0 Å². The Hall–Kier alpha value is -1.73. The third-order valence-corrected chi connectivity index (χ3v) is 3.72. The van der Waals surface area contributed by atoms with Gasteiger partial charge in [0.15, 0.2) is 0 Å². The third kappa shape index (κ3) is 3.64. The minimum absolute atomic E-state index is 0.450. The van der Waals surface area contributed by atoms with Crippen molar-refractivity contribution >= 4 is 11.9 Å². The van der Waals surface area contributed by atoms with Gasteiger partial charge in [0, 0.05) is 45.1 Å². The van der Waals surface area contributed by atoms with Crippen molar-refractivity contribution in [2.24, 2.45) is 11.5 Å². The fourth-order valence-electron chi connectivity index (χ4n) is 2.14. The van der Waals surface area contributed by atoms with E-state index in [0.717, 1.165) is 38.7 Å². The van der Waals surface area contributed by atoms with E-state index < -0.39 is 11.4 Å². The van der Waals surface area contributed by atoms with Crippen molar-refractivity contribution < 1.29 is 4.79 Å². The van der Waals surface area contributed by atoms with Crippen LogP contribution in [0.25, 0.3) is 0 Å². The lowest BCUT2D eigenvalue weighted by Crippen LogP contribution is -2.53. The van der Waals surface area contributed by atoms with Crippen molar-refractivity contribution in [3.05, 3.63) is 18.5 Å². The van der Waals surface area contributed by atoms with Gasteiger partial charge in [-0.3, -0.25) is 9.69 Å². The van der Waals surface area contributed by atoms with Crippen LogP contribution in [0.5, 0.6) is 0 Å². The van der Waals surface area contributed by atoms with Gasteiger partial charge in [0.05, 0.1) is 5.54 Å². The molecule has 0 spiro atoms. The number of piperazine rings is 1. The molecular formula is C13H22N6O. The number of hydrogen-bond donors (Lipinski definition) is 2. The lowest BCUT2D eigenvalue weighted by atomic mass is 9.98. The summed E-state index contributed by atoms with van der Waals surface area (Å²) < 4.78 is 0. The van der Waals surface area contributed by atoms with E-state index in [0.29, 0.717) is 6.42 Å². The molecule has 2 rings (SSSR count). The van der Waals surface area contributed by atoms with E-state index in [9.17, 15) is 4.79 Å². The molecule has 0 aliphatic carbocycles. The Kier molecular flexibility index (Phi) is 4.51. The Morgan fingerprint density at radius 2 is 1.90 bits per heavy atom. The van der Waals surface area contributed by atoms with Crippen LogP contribution < -0.4 is 16.4 Å². The lowest BCUT2D eigenvalue weighted by molar-refractivity contribution is -0.122. The second kappa shape index (κ2) is 6.15. The highest BCUT2D eigenvalue weighted by molar-refractivity contribution is 5.83. The maximum atomic E-state index is 11.2. The Morgan fingerprint density at radius 3 is 2.45 bits per heavy atom. The van der Waals surface area contributed by atoms with E-state index in [2.05, 4.69) is 19.8 Å². The van der Waals surface area contributed by atoms with Crippen LogP contribution in [0.3, 0.4) is 0 Å². The van der Waals surface area contributed by atoms with Gasteiger partial charge in [0.2, 0.25) is 11.9 Å². The monoisotopic (exact) mass is 278 g/mol. The first-order valence-corrected chi connectivity index (χ1v) is 6.82. The summed E-state index contributed by atoms with van der Waals surface area (Å²) in [4.78, 5) is 24.1. The Balaban J connectivity index is 1.79. The van der Waals surface area contributed by atoms with Crippen molar-refractivity contribution in [3.8, 4) is 0 Å². The van der Waals surface area contributed by atoms with Crippen LogP contribution in [0.1, 0.15) is 13.3 Å². The minimum Gasteiger partial charge on any atom is -0.368 e. The van der Waals surface area contributed by atoms with Crippen molar-refractivity contribution in [2.45, 2.75) is 18.9 Å². The number of hydrogen-bond acceptors (Lipinski definition) is 6. The summed E-state index contributed by atoms with van der Waals surface area (Å²) in [6.07, 6.45) is 4.08. The zero-order valence-electron chi connectivity index (χ0n) is 11.8. The number of amides is 1. The first-order valence-electron chi connectivity index (χ1n) is 6.82. The second-order valence-corrected chi connectivity index (χ2v) is 5.41. The number of aromatic nitrogens is 2. The van der Waals surface area contributed by atoms with Gasteiger partial charge in [0.1, 0.15) is 0 Å². The van der Waals surface area contributed by atoms with Gasteiger partial charge >= 0.3 is 0 Å². The standard InChI is InChI=1S/C13H22N6O/c1-13(15,11(14)20)3-6-18-7-9-19(10-8-18)12-16-4-2-5-17-12/h2,4-5H,3,6-10,15H2,1H3,(H2,14,20). The number of carbonyl (C=O) groups excluding carboxylic acids is 1. The zero-order chi connectivity index (χ0) is 14.6. The van der Waals surface area contributed by atoms with Crippen LogP contribution in [0.2, 0.25) is 0 Å². The number of rotatable bonds is 5. The molecule has 1 amide bonds. The summed E-state index contributed by atoms with van der Waals surface area (Å²) >= 11 is 0. The zero-order valence-corrected chi connectivity index (χ0v) is 11.8. The lowest BCUT2D eigenvalue weighted by Gasteiger charge is -2.35. The molecule has 20 heavy (non-hydrogen) atoms. The molecule has 1 aliphatic rings. The smallest absolute Gasteiger partial charge is 0.237 e. The molecule has 7 heteroatoms. The van der Waals surface area contributed by atoms with E-state index in [-0.39, 0.29) is 0 Å². The Bertz CT molecular complexity index is 441. The normalized spacial score (nSPS) is 19.6. The molecule has 1 aromatic heterocycles. The van der Waals surface area contributed by atoms with Crippen molar-refractivity contribution in [3.63, 3.8) is 0 Å². The van der Waals surface area contributed by atoms with Gasteiger partial charge < -0.3 is 16.4 Å². The van der Waals surface area contributed by atoms with E-state index >= 15 is 0 Å². The molecule has 1 aromatic rings. The summed E-state index contributed by atoms with van der Waals surface area (Å²) in [5, 5.41) is 0.